The number of nitrogens with zero attached hydrogens (tertiary/aromatic N) is 2. The highest BCUT2D eigenvalue weighted by molar-refractivity contribution is 7.18. The van der Waals surface area contributed by atoms with E-state index in [-0.39, 0.29) is 11.8 Å². The Labute approximate surface area is 210 Å². The minimum absolute atomic E-state index is 0.0203. The topological polar surface area (TPSA) is 83.9 Å². The van der Waals surface area contributed by atoms with Gasteiger partial charge in [-0.05, 0) is 68.6 Å². The number of aromatic nitrogens is 1. The number of ether oxygens (including phenoxy) is 2. The first-order valence-electron chi connectivity index (χ1n) is 12.6. The summed E-state index contributed by atoms with van der Waals surface area (Å²) in [6.45, 7) is 4.32. The second-order valence-corrected chi connectivity index (χ2v) is 10.5. The lowest BCUT2D eigenvalue weighted by molar-refractivity contribution is -0.121. The van der Waals surface area contributed by atoms with E-state index < -0.39 is 6.10 Å². The zero-order chi connectivity index (χ0) is 24.0. The number of carbonyl (C=O) groups is 1. The summed E-state index contributed by atoms with van der Waals surface area (Å²) in [5.74, 6) is 1.30. The lowest BCUT2D eigenvalue weighted by atomic mass is 9.94. The van der Waals surface area contributed by atoms with Crippen LogP contribution in [0, 0.1) is 5.92 Å². The molecule has 0 aliphatic carbocycles. The van der Waals surface area contributed by atoms with Gasteiger partial charge in [0.15, 0.2) is 11.5 Å². The number of nitrogens with one attached hydrogen (secondary N) is 1. The molecule has 5 rings (SSSR count). The standard InChI is InChI=1S/C27H33N3O4S/c31-25(8-5-9-26-29-21-6-1-2-7-24(21)35-26)28-17-20(18-30-12-3-4-13-30)27(32)19-10-11-22-23(16-19)34-15-14-33-22/h1-2,6-7,10-11,16,20,27,32H,3-5,8-9,12-15,17-18H2,(H,28,31)/t20-,27-/m1/s1. The number of hydrogen-bond acceptors (Lipinski definition) is 7. The first kappa shape index (κ1) is 24.0. The number of likely N-dealkylation sites (tertiary alicyclic amines) is 1. The normalized spacial score (nSPS) is 17.4. The van der Waals surface area contributed by atoms with Gasteiger partial charge in [-0.25, -0.2) is 4.98 Å². The van der Waals surface area contributed by atoms with Crippen molar-refractivity contribution in [3.05, 3.63) is 53.0 Å². The molecular formula is C27H33N3O4S. The number of amides is 1. The zero-order valence-electron chi connectivity index (χ0n) is 19.9. The van der Waals surface area contributed by atoms with Gasteiger partial charge in [0.1, 0.15) is 13.2 Å². The van der Waals surface area contributed by atoms with Crippen LogP contribution >= 0.6 is 11.3 Å². The van der Waals surface area contributed by atoms with Crippen LogP contribution in [-0.2, 0) is 11.2 Å². The molecule has 1 amide bonds. The van der Waals surface area contributed by atoms with Crippen LogP contribution in [0.1, 0.15) is 42.4 Å². The van der Waals surface area contributed by atoms with E-state index in [1.54, 1.807) is 11.3 Å². The first-order chi connectivity index (χ1) is 17.2. The third kappa shape index (κ3) is 6.12. The highest BCUT2D eigenvalue weighted by atomic mass is 32.1. The smallest absolute Gasteiger partial charge is 0.220 e. The average molecular weight is 496 g/mol. The molecule has 3 heterocycles. The van der Waals surface area contributed by atoms with E-state index in [2.05, 4.69) is 21.3 Å². The van der Waals surface area contributed by atoms with E-state index in [1.807, 2.05) is 36.4 Å². The van der Waals surface area contributed by atoms with E-state index in [0.717, 1.165) is 48.6 Å². The Hall–Kier alpha value is -2.68. The molecule has 0 bridgehead atoms. The molecule has 2 aliphatic heterocycles. The number of hydrogen-bond donors (Lipinski definition) is 2. The van der Waals surface area contributed by atoms with Crippen molar-refractivity contribution >= 4 is 27.5 Å². The van der Waals surface area contributed by atoms with Gasteiger partial charge in [-0.1, -0.05) is 18.2 Å². The molecule has 2 aliphatic rings. The van der Waals surface area contributed by atoms with Gasteiger partial charge in [-0.15, -0.1) is 11.3 Å². The maximum Gasteiger partial charge on any atom is 0.220 e. The van der Waals surface area contributed by atoms with E-state index in [1.165, 1.54) is 17.5 Å². The molecule has 0 unspecified atom stereocenters. The number of fused-ring (bicyclic) bond motifs is 2. The maximum absolute atomic E-state index is 12.6. The number of aliphatic hydroxyl groups is 1. The van der Waals surface area contributed by atoms with Crippen molar-refractivity contribution < 1.29 is 19.4 Å². The fourth-order valence-electron chi connectivity index (χ4n) is 4.85. The highest BCUT2D eigenvalue weighted by Gasteiger charge is 2.27. The lowest BCUT2D eigenvalue weighted by Gasteiger charge is -2.29. The highest BCUT2D eigenvalue weighted by Crippen LogP contribution is 2.34. The Morgan fingerprint density at radius 2 is 1.91 bits per heavy atom. The van der Waals surface area contributed by atoms with Crippen molar-refractivity contribution in [1.29, 1.82) is 0 Å². The van der Waals surface area contributed by atoms with Crippen molar-refractivity contribution in [1.82, 2.24) is 15.2 Å². The second kappa shape index (κ2) is 11.4. The Morgan fingerprint density at radius 1 is 1.11 bits per heavy atom. The van der Waals surface area contributed by atoms with Gasteiger partial charge >= 0.3 is 0 Å². The molecule has 1 fully saturated rings. The summed E-state index contributed by atoms with van der Waals surface area (Å²) in [6.07, 6.45) is 3.67. The molecule has 3 aromatic rings. The fraction of sp³-hybridized carbons (Fsp3) is 0.481. The Bertz CT molecular complexity index is 1110. The van der Waals surface area contributed by atoms with Gasteiger partial charge in [0.05, 0.1) is 21.3 Å². The largest absolute Gasteiger partial charge is 0.486 e. The van der Waals surface area contributed by atoms with Gasteiger partial charge in [-0.2, -0.15) is 0 Å². The van der Waals surface area contributed by atoms with E-state index in [9.17, 15) is 9.90 Å². The van der Waals surface area contributed by atoms with Gasteiger partial charge in [0.2, 0.25) is 5.91 Å². The summed E-state index contributed by atoms with van der Waals surface area (Å²) >= 11 is 1.70. The Morgan fingerprint density at radius 3 is 2.74 bits per heavy atom. The molecule has 186 valence electrons. The maximum atomic E-state index is 12.6. The Kier molecular flexibility index (Phi) is 7.81. The summed E-state index contributed by atoms with van der Waals surface area (Å²) in [5, 5.41) is 15.4. The van der Waals surface area contributed by atoms with Crippen molar-refractivity contribution in [3.63, 3.8) is 0 Å². The zero-order valence-corrected chi connectivity index (χ0v) is 20.8. The molecule has 0 saturated carbocycles. The van der Waals surface area contributed by atoms with E-state index in [4.69, 9.17) is 9.47 Å². The lowest BCUT2D eigenvalue weighted by Crippen LogP contribution is -2.38. The number of benzene rings is 2. The SMILES string of the molecule is O=C(CCCc1nc2ccccc2s1)NC[C@H](CN1CCCC1)[C@H](O)c1ccc2c(c1)OCCO2. The number of para-hydroxylation sites is 1. The van der Waals surface area contributed by atoms with Crippen LogP contribution in [0.15, 0.2) is 42.5 Å². The van der Waals surface area contributed by atoms with Crippen LogP contribution in [0.25, 0.3) is 10.2 Å². The first-order valence-corrected chi connectivity index (χ1v) is 13.4. The molecule has 2 atom stereocenters. The van der Waals surface area contributed by atoms with Crippen LogP contribution < -0.4 is 14.8 Å². The number of rotatable bonds is 10. The van der Waals surface area contributed by atoms with Crippen molar-refractivity contribution in [2.45, 2.75) is 38.2 Å². The number of aliphatic hydroxyl groups excluding tert-OH is 1. The van der Waals surface area contributed by atoms with Crippen molar-refractivity contribution in [3.8, 4) is 11.5 Å². The summed E-state index contributed by atoms with van der Waals surface area (Å²) in [4.78, 5) is 19.7. The summed E-state index contributed by atoms with van der Waals surface area (Å²) in [6, 6.07) is 13.8. The summed E-state index contributed by atoms with van der Waals surface area (Å²) < 4.78 is 12.5. The summed E-state index contributed by atoms with van der Waals surface area (Å²) in [5.41, 5.74) is 1.82. The summed E-state index contributed by atoms with van der Waals surface area (Å²) in [7, 11) is 0. The number of carbonyl (C=O) groups excluding carboxylic acids is 1. The molecule has 2 aromatic carbocycles. The molecule has 0 spiro atoms. The minimum Gasteiger partial charge on any atom is -0.486 e. The van der Waals surface area contributed by atoms with Crippen LogP contribution in [0.2, 0.25) is 0 Å². The van der Waals surface area contributed by atoms with Crippen LogP contribution in [0.5, 0.6) is 11.5 Å². The van der Waals surface area contributed by atoms with E-state index in [0.29, 0.717) is 37.7 Å². The predicted octanol–water partition coefficient (Wildman–Crippen LogP) is 3.95. The fourth-order valence-corrected chi connectivity index (χ4v) is 5.86. The minimum atomic E-state index is -0.700. The van der Waals surface area contributed by atoms with Crippen molar-refractivity contribution in [2.24, 2.45) is 5.92 Å². The third-order valence-electron chi connectivity index (χ3n) is 6.74. The molecular weight excluding hydrogens is 462 g/mol. The van der Waals surface area contributed by atoms with Crippen LogP contribution in [-0.4, -0.2) is 60.3 Å². The van der Waals surface area contributed by atoms with E-state index >= 15 is 0 Å². The average Bonchev–Trinajstić information content (AvgIpc) is 3.55. The van der Waals surface area contributed by atoms with Gasteiger partial charge < -0.3 is 24.8 Å². The second-order valence-electron chi connectivity index (χ2n) is 9.35. The van der Waals surface area contributed by atoms with Crippen LogP contribution in [0.4, 0.5) is 0 Å². The van der Waals surface area contributed by atoms with Gasteiger partial charge in [0, 0.05) is 25.4 Å². The quantitative estimate of drug-likeness (QED) is 0.443. The molecule has 1 aromatic heterocycles. The number of aryl methyl sites for hydroxylation is 1. The molecule has 7 nitrogen and oxygen atoms in total. The predicted molar refractivity (Wildman–Crippen MR) is 137 cm³/mol. The Balaban J connectivity index is 1.16. The van der Waals surface area contributed by atoms with Gasteiger partial charge in [-0.3, -0.25) is 4.79 Å². The number of thiazole rings is 1. The van der Waals surface area contributed by atoms with Gasteiger partial charge in [0.25, 0.3) is 0 Å². The molecule has 0 radical (unpaired) electrons. The monoisotopic (exact) mass is 495 g/mol. The molecule has 2 N–H and O–H groups in total. The van der Waals surface area contributed by atoms with Crippen molar-refractivity contribution in [2.75, 3.05) is 39.4 Å². The van der Waals surface area contributed by atoms with Crippen LogP contribution in [0.3, 0.4) is 0 Å². The molecule has 8 heteroatoms. The molecule has 35 heavy (non-hydrogen) atoms. The third-order valence-corrected chi connectivity index (χ3v) is 7.84. The molecule has 1 saturated heterocycles.